The van der Waals surface area contributed by atoms with Gasteiger partial charge in [0.2, 0.25) is 11.8 Å². The zero-order valence-corrected chi connectivity index (χ0v) is 17.5. The summed E-state index contributed by atoms with van der Waals surface area (Å²) >= 11 is 10.8. The van der Waals surface area contributed by atoms with E-state index >= 15 is 0 Å². The molecule has 29 heavy (non-hydrogen) atoms. The van der Waals surface area contributed by atoms with E-state index in [0.29, 0.717) is 5.69 Å². The number of benzene rings is 3. The van der Waals surface area contributed by atoms with Gasteiger partial charge in [-0.2, -0.15) is 0 Å². The number of rotatable bonds is 1. The van der Waals surface area contributed by atoms with Crippen LogP contribution in [0.2, 0.25) is 0 Å². The molecule has 5 heteroatoms. The van der Waals surface area contributed by atoms with Crippen LogP contribution in [0, 0.1) is 11.8 Å². The van der Waals surface area contributed by atoms with Gasteiger partial charge in [-0.05, 0) is 46.5 Å². The van der Waals surface area contributed by atoms with Gasteiger partial charge in [-0.1, -0.05) is 64.5 Å². The van der Waals surface area contributed by atoms with Gasteiger partial charge < -0.3 is 0 Å². The van der Waals surface area contributed by atoms with E-state index in [1.54, 1.807) is 12.1 Å². The maximum Gasteiger partial charge on any atom is 0.240 e. The Bertz CT molecular complexity index is 1160. The van der Waals surface area contributed by atoms with E-state index in [-0.39, 0.29) is 17.7 Å². The number of anilines is 1. The molecule has 3 aromatic rings. The lowest BCUT2D eigenvalue weighted by atomic mass is 9.54. The average Bonchev–Trinajstić information content (AvgIpc) is 3.01. The van der Waals surface area contributed by atoms with Gasteiger partial charge in [0.05, 0.1) is 17.5 Å². The van der Waals surface area contributed by atoms with Crippen LogP contribution >= 0.6 is 27.5 Å². The van der Waals surface area contributed by atoms with Crippen LogP contribution in [0.15, 0.2) is 77.3 Å². The summed E-state index contributed by atoms with van der Waals surface area (Å²) in [6.07, 6.45) is 0. The molecule has 0 spiro atoms. The predicted molar refractivity (Wildman–Crippen MR) is 115 cm³/mol. The first kappa shape index (κ1) is 17.4. The topological polar surface area (TPSA) is 37.4 Å². The summed E-state index contributed by atoms with van der Waals surface area (Å²) in [5, 5.41) is 0. The van der Waals surface area contributed by atoms with Crippen LogP contribution < -0.4 is 4.90 Å². The van der Waals surface area contributed by atoms with Crippen molar-refractivity contribution < 1.29 is 9.59 Å². The van der Waals surface area contributed by atoms with E-state index in [1.165, 1.54) is 4.90 Å². The zero-order chi connectivity index (χ0) is 19.9. The fourth-order valence-electron chi connectivity index (χ4n) is 5.52. The van der Waals surface area contributed by atoms with Crippen molar-refractivity contribution in [3.05, 3.63) is 99.5 Å². The highest BCUT2D eigenvalue weighted by Crippen LogP contribution is 2.65. The molecule has 1 aliphatic heterocycles. The Morgan fingerprint density at radius 1 is 0.793 bits per heavy atom. The molecule has 1 saturated heterocycles. The minimum Gasteiger partial charge on any atom is -0.274 e. The highest BCUT2D eigenvalue weighted by atomic mass is 79.9. The molecule has 7 rings (SSSR count). The second-order valence-electron chi connectivity index (χ2n) is 7.86. The number of carbonyl (C=O) groups excluding carboxylic acids is 2. The quantitative estimate of drug-likeness (QED) is 0.367. The Hall–Kier alpha value is -2.43. The highest BCUT2D eigenvalue weighted by Gasteiger charge is 2.67. The summed E-state index contributed by atoms with van der Waals surface area (Å²) < 4.78 is 0.895. The van der Waals surface area contributed by atoms with Gasteiger partial charge in [0, 0.05) is 10.4 Å². The third-order valence-electron chi connectivity index (χ3n) is 6.60. The molecular weight excluding hydrogens is 450 g/mol. The van der Waals surface area contributed by atoms with Crippen LogP contribution in [0.4, 0.5) is 5.69 Å². The number of halogens is 2. The number of alkyl halides is 1. The van der Waals surface area contributed by atoms with Crippen LogP contribution in [-0.4, -0.2) is 11.8 Å². The maximum absolute atomic E-state index is 13.7. The van der Waals surface area contributed by atoms with Gasteiger partial charge in [0.25, 0.3) is 0 Å². The van der Waals surface area contributed by atoms with Gasteiger partial charge in [-0.3, -0.25) is 9.59 Å². The molecule has 3 nitrogen and oxygen atoms in total. The number of amides is 2. The molecule has 2 bridgehead atoms. The number of carbonyl (C=O) groups is 2. The van der Waals surface area contributed by atoms with Crippen molar-refractivity contribution in [3.63, 3.8) is 0 Å². The Morgan fingerprint density at radius 3 is 1.93 bits per heavy atom. The molecule has 0 N–H and O–H groups in total. The summed E-state index contributed by atoms with van der Waals surface area (Å²) in [4.78, 5) is 27.6. The first-order valence-electron chi connectivity index (χ1n) is 9.54. The van der Waals surface area contributed by atoms with E-state index in [1.807, 2.05) is 60.7 Å². The minimum atomic E-state index is -1.04. The number of hydrogen-bond donors (Lipinski definition) is 0. The summed E-state index contributed by atoms with van der Waals surface area (Å²) in [6.45, 7) is 0. The predicted octanol–water partition coefficient (Wildman–Crippen LogP) is 5.20. The zero-order valence-electron chi connectivity index (χ0n) is 15.2. The Balaban J connectivity index is 1.61. The number of imide groups is 1. The molecule has 1 fully saturated rings. The molecule has 2 amide bonds. The lowest BCUT2D eigenvalue weighted by Gasteiger charge is -2.50. The number of nitrogens with zero attached hydrogens (tertiary/aromatic N) is 1. The SMILES string of the molecule is O=C1[C@H]2C3c4ccccc4C(Cl)(c4ccccc43)[C@H]2C(=O)N1c1ccc(Br)cc1. The van der Waals surface area contributed by atoms with Gasteiger partial charge in [-0.15, -0.1) is 11.6 Å². The normalized spacial score (nSPS) is 28.9. The van der Waals surface area contributed by atoms with Crippen LogP contribution in [0.5, 0.6) is 0 Å². The summed E-state index contributed by atoms with van der Waals surface area (Å²) in [5.41, 5.74) is 4.60. The maximum atomic E-state index is 13.7. The largest absolute Gasteiger partial charge is 0.274 e. The van der Waals surface area contributed by atoms with E-state index in [0.717, 1.165) is 26.7 Å². The van der Waals surface area contributed by atoms with Crippen LogP contribution in [0.25, 0.3) is 0 Å². The average molecular weight is 465 g/mol. The van der Waals surface area contributed by atoms with E-state index in [2.05, 4.69) is 15.9 Å². The monoisotopic (exact) mass is 463 g/mol. The molecule has 1 heterocycles. The van der Waals surface area contributed by atoms with Crippen LogP contribution in [0.3, 0.4) is 0 Å². The van der Waals surface area contributed by atoms with Crippen molar-refractivity contribution in [3.8, 4) is 0 Å². The minimum absolute atomic E-state index is 0.162. The van der Waals surface area contributed by atoms with Gasteiger partial charge in [0.1, 0.15) is 4.87 Å². The molecule has 3 aliphatic carbocycles. The molecule has 142 valence electrons. The molecule has 0 radical (unpaired) electrons. The van der Waals surface area contributed by atoms with Gasteiger partial charge in [-0.25, -0.2) is 4.90 Å². The molecule has 4 aliphatic rings. The molecule has 0 saturated carbocycles. The molecule has 3 aromatic carbocycles. The van der Waals surface area contributed by atoms with E-state index in [9.17, 15) is 9.59 Å². The standard InChI is InChI=1S/C24H15BrClNO2/c25-13-9-11-14(12-10-13)27-22(28)20-19-15-5-1-3-7-17(15)24(26,21(20)23(27)29)18-8-4-2-6-16(18)19/h1-12,19-21H/t19?,20-,21+,24?/m0/s1. The van der Waals surface area contributed by atoms with Crippen molar-refractivity contribution >= 4 is 45.0 Å². The Labute approximate surface area is 181 Å². The third kappa shape index (κ3) is 2.03. The molecule has 0 unspecified atom stereocenters. The lowest BCUT2D eigenvalue weighted by molar-refractivity contribution is -0.122. The van der Waals surface area contributed by atoms with Crippen LogP contribution in [-0.2, 0) is 14.5 Å². The smallest absolute Gasteiger partial charge is 0.240 e. The molecular formula is C24H15BrClNO2. The summed E-state index contributed by atoms with van der Waals surface area (Å²) in [7, 11) is 0. The highest BCUT2D eigenvalue weighted by molar-refractivity contribution is 9.10. The van der Waals surface area contributed by atoms with Crippen molar-refractivity contribution in [2.45, 2.75) is 10.8 Å². The van der Waals surface area contributed by atoms with Crippen molar-refractivity contribution in [2.75, 3.05) is 4.90 Å². The van der Waals surface area contributed by atoms with E-state index in [4.69, 9.17) is 11.6 Å². The van der Waals surface area contributed by atoms with Crippen molar-refractivity contribution in [2.24, 2.45) is 11.8 Å². The second kappa shape index (κ2) is 5.80. The fourth-order valence-corrected chi connectivity index (χ4v) is 6.36. The van der Waals surface area contributed by atoms with Crippen LogP contribution in [0.1, 0.15) is 28.2 Å². The second-order valence-corrected chi connectivity index (χ2v) is 9.37. The van der Waals surface area contributed by atoms with Gasteiger partial charge >= 0.3 is 0 Å². The van der Waals surface area contributed by atoms with E-state index < -0.39 is 16.7 Å². The van der Waals surface area contributed by atoms with Crippen molar-refractivity contribution in [1.29, 1.82) is 0 Å². The Kier molecular flexibility index (Phi) is 3.49. The lowest BCUT2D eigenvalue weighted by Crippen LogP contribution is -2.50. The number of hydrogen-bond acceptors (Lipinski definition) is 2. The first-order chi connectivity index (χ1) is 14.0. The Morgan fingerprint density at radius 2 is 1.34 bits per heavy atom. The molecule has 2 atom stereocenters. The summed E-state index contributed by atoms with van der Waals surface area (Å²) in [5.74, 6) is -1.65. The van der Waals surface area contributed by atoms with Gasteiger partial charge in [0.15, 0.2) is 0 Å². The third-order valence-corrected chi connectivity index (χ3v) is 7.77. The van der Waals surface area contributed by atoms with Crippen molar-refractivity contribution in [1.82, 2.24) is 0 Å². The summed E-state index contributed by atoms with van der Waals surface area (Å²) in [6, 6.07) is 23.2. The first-order valence-corrected chi connectivity index (χ1v) is 10.7. The fraction of sp³-hybridized carbons (Fsp3) is 0.167. The molecule has 0 aromatic heterocycles.